The van der Waals surface area contributed by atoms with Crippen LogP contribution in [0.1, 0.15) is 17.3 Å². The number of benzene rings is 2. The number of fused-ring (bicyclic) bond motifs is 1. The Labute approximate surface area is 125 Å². The van der Waals surface area contributed by atoms with Gasteiger partial charge in [0.2, 0.25) is 0 Å². The van der Waals surface area contributed by atoms with Crippen LogP contribution in [0.4, 0.5) is 0 Å². The van der Waals surface area contributed by atoms with Gasteiger partial charge in [0.25, 0.3) is 0 Å². The highest BCUT2D eigenvalue weighted by atomic mass is 31.0. The molecule has 2 nitrogen and oxygen atoms in total. The van der Waals surface area contributed by atoms with Gasteiger partial charge in [0.05, 0.1) is 12.2 Å². The fourth-order valence-corrected chi connectivity index (χ4v) is 3.52. The van der Waals surface area contributed by atoms with E-state index in [0.29, 0.717) is 12.2 Å². The third-order valence-electron chi connectivity index (χ3n) is 3.28. The zero-order valence-electron chi connectivity index (χ0n) is 11.7. The first-order chi connectivity index (χ1) is 10.3. The lowest BCUT2D eigenvalue weighted by Gasteiger charge is -2.09. The molecule has 0 aliphatic rings. The van der Waals surface area contributed by atoms with Crippen molar-refractivity contribution in [2.75, 3.05) is 6.61 Å². The summed E-state index contributed by atoms with van der Waals surface area (Å²) in [7, 11) is 1.12. The Morgan fingerprint density at radius 1 is 1.05 bits per heavy atom. The molecule has 0 saturated carbocycles. The number of ether oxygens (including phenoxy) is 1. The van der Waals surface area contributed by atoms with E-state index in [1.165, 1.54) is 0 Å². The van der Waals surface area contributed by atoms with Crippen LogP contribution in [-0.4, -0.2) is 12.6 Å². The fraction of sp³-hybridized carbons (Fsp3) is 0.111. The lowest BCUT2D eigenvalue weighted by molar-refractivity contribution is 0.0529. The summed E-state index contributed by atoms with van der Waals surface area (Å²) in [6.45, 7) is 2.21. The molecule has 1 aromatic heterocycles. The highest BCUT2D eigenvalue weighted by Crippen LogP contribution is 2.36. The van der Waals surface area contributed by atoms with Gasteiger partial charge in [-0.15, -0.1) is 0 Å². The largest absolute Gasteiger partial charge is 0.462 e. The second-order valence-corrected chi connectivity index (χ2v) is 5.85. The third-order valence-corrected chi connectivity index (χ3v) is 4.54. The molecule has 0 fully saturated rings. The molecule has 0 aliphatic heterocycles. The van der Waals surface area contributed by atoms with Gasteiger partial charge in [-0.05, 0) is 24.6 Å². The first-order valence-electron chi connectivity index (χ1n) is 6.92. The van der Waals surface area contributed by atoms with Gasteiger partial charge in [0.1, 0.15) is 0 Å². The Kier molecular flexibility index (Phi) is 3.98. The van der Waals surface area contributed by atoms with E-state index in [2.05, 4.69) is 18.2 Å². The molecular formula is C18H15O2P. The van der Waals surface area contributed by atoms with E-state index in [9.17, 15) is 4.79 Å². The van der Waals surface area contributed by atoms with Crippen molar-refractivity contribution in [2.24, 2.45) is 0 Å². The van der Waals surface area contributed by atoms with Crippen LogP contribution in [0.3, 0.4) is 0 Å². The van der Waals surface area contributed by atoms with Crippen molar-refractivity contribution in [1.29, 1.82) is 0 Å². The van der Waals surface area contributed by atoms with Crippen LogP contribution in [0, 0.1) is 0 Å². The summed E-state index contributed by atoms with van der Waals surface area (Å²) in [5.74, 6) is -0.256. The van der Waals surface area contributed by atoms with Crippen molar-refractivity contribution in [3.63, 3.8) is 0 Å². The van der Waals surface area contributed by atoms with Crippen LogP contribution in [0.15, 0.2) is 60.7 Å². The predicted molar refractivity (Wildman–Crippen MR) is 87.9 cm³/mol. The van der Waals surface area contributed by atoms with E-state index < -0.39 is 0 Å². The Bertz CT molecular complexity index is 782. The number of carbonyl (C=O) groups excluding carboxylic acids is 1. The molecule has 0 unspecified atom stereocenters. The standard InChI is InChI=1S/C18H15O2P/c1-2-20-18(19)15-12-17(13-8-4-3-5-9-13)21-16-11-7-6-10-14(15)16/h3-12H,2H2,1H3. The first-order valence-corrected chi connectivity index (χ1v) is 7.81. The number of carbonyl (C=O) groups is 1. The molecule has 2 aromatic carbocycles. The van der Waals surface area contributed by atoms with Crippen molar-refractivity contribution in [3.8, 4) is 10.9 Å². The van der Waals surface area contributed by atoms with Gasteiger partial charge < -0.3 is 4.74 Å². The monoisotopic (exact) mass is 294 g/mol. The first kappa shape index (κ1) is 13.8. The van der Waals surface area contributed by atoms with Crippen LogP contribution >= 0.6 is 8.19 Å². The third kappa shape index (κ3) is 2.81. The molecule has 0 bridgehead atoms. The van der Waals surface area contributed by atoms with Gasteiger partial charge in [-0.2, -0.15) is 0 Å². The van der Waals surface area contributed by atoms with Crippen molar-refractivity contribution in [2.45, 2.75) is 6.92 Å². The fourth-order valence-electron chi connectivity index (χ4n) is 2.31. The number of hydrogen-bond acceptors (Lipinski definition) is 2. The van der Waals surface area contributed by atoms with E-state index in [0.717, 1.165) is 29.6 Å². The van der Waals surface area contributed by atoms with Crippen molar-refractivity contribution < 1.29 is 9.53 Å². The molecule has 3 aromatic rings. The molecule has 3 heteroatoms. The lowest BCUT2D eigenvalue weighted by atomic mass is 10.1. The lowest BCUT2D eigenvalue weighted by Crippen LogP contribution is -2.05. The van der Waals surface area contributed by atoms with Gasteiger partial charge in [-0.1, -0.05) is 56.7 Å². The Morgan fingerprint density at radius 3 is 2.52 bits per heavy atom. The quantitative estimate of drug-likeness (QED) is 0.616. The topological polar surface area (TPSA) is 26.3 Å². The minimum atomic E-state index is -0.256. The smallest absolute Gasteiger partial charge is 0.338 e. The van der Waals surface area contributed by atoms with Crippen LogP contribution in [-0.2, 0) is 4.74 Å². The van der Waals surface area contributed by atoms with E-state index in [4.69, 9.17) is 4.74 Å². The van der Waals surface area contributed by atoms with Gasteiger partial charge in [-0.25, -0.2) is 4.79 Å². The molecular weight excluding hydrogens is 279 g/mol. The summed E-state index contributed by atoms with van der Waals surface area (Å²) >= 11 is 0. The molecule has 3 rings (SSSR count). The molecule has 1 heterocycles. The Morgan fingerprint density at radius 2 is 1.76 bits per heavy atom. The van der Waals surface area contributed by atoms with Crippen molar-refractivity contribution >= 4 is 24.7 Å². The average molecular weight is 294 g/mol. The molecule has 104 valence electrons. The molecule has 0 spiro atoms. The molecule has 0 aliphatic carbocycles. The van der Waals surface area contributed by atoms with Crippen molar-refractivity contribution in [3.05, 3.63) is 66.2 Å². The summed E-state index contributed by atoms with van der Waals surface area (Å²) in [5.41, 5.74) is 1.78. The van der Waals surface area contributed by atoms with E-state index in [1.54, 1.807) is 0 Å². The summed E-state index contributed by atoms with van der Waals surface area (Å²) in [5, 5.41) is 3.23. The van der Waals surface area contributed by atoms with Gasteiger partial charge in [-0.3, -0.25) is 0 Å². The number of rotatable bonds is 3. The normalized spacial score (nSPS) is 10.9. The molecule has 0 N–H and O–H groups in total. The molecule has 0 saturated heterocycles. The van der Waals surface area contributed by atoms with Crippen LogP contribution < -0.4 is 0 Å². The predicted octanol–water partition coefficient (Wildman–Crippen LogP) is 5.26. The highest BCUT2D eigenvalue weighted by Gasteiger charge is 2.13. The maximum absolute atomic E-state index is 12.2. The molecule has 0 radical (unpaired) electrons. The average Bonchev–Trinajstić information content (AvgIpc) is 2.55. The van der Waals surface area contributed by atoms with Crippen LogP contribution in [0.5, 0.6) is 0 Å². The van der Waals surface area contributed by atoms with Crippen LogP contribution in [0.25, 0.3) is 21.4 Å². The minimum absolute atomic E-state index is 0.256. The summed E-state index contributed by atoms with van der Waals surface area (Å²) in [6, 6.07) is 20.1. The van der Waals surface area contributed by atoms with Gasteiger partial charge in [0, 0.05) is 15.8 Å². The molecule has 0 amide bonds. The van der Waals surface area contributed by atoms with E-state index in [1.807, 2.05) is 49.4 Å². The second-order valence-electron chi connectivity index (χ2n) is 4.66. The molecule has 0 atom stereocenters. The zero-order chi connectivity index (χ0) is 14.7. The van der Waals surface area contributed by atoms with Crippen molar-refractivity contribution in [1.82, 2.24) is 0 Å². The number of esters is 1. The Hall–Kier alpha value is -2.18. The van der Waals surface area contributed by atoms with Crippen LogP contribution in [0.2, 0.25) is 0 Å². The SMILES string of the molecule is CCOC(=O)c1cc(-c2ccccc2)pc2ccccc12. The summed E-state index contributed by atoms with van der Waals surface area (Å²) in [6.07, 6.45) is 0. The van der Waals surface area contributed by atoms with Gasteiger partial charge in [0.15, 0.2) is 0 Å². The maximum Gasteiger partial charge on any atom is 0.338 e. The molecule has 21 heavy (non-hydrogen) atoms. The Balaban J connectivity index is 2.22. The summed E-state index contributed by atoms with van der Waals surface area (Å²) < 4.78 is 5.20. The van der Waals surface area contributed by atoms with Gasteiger partial charge >= 0.3 is 5.97 Å². The number of hydrogen-bond donors (Lipinski definition) is 0. The van der Waals surface area contributed by atoms with E-state index in [-0.39, 0.29) is 5.97 Å². The highest BCUT2D eigenvalue weighted by molar-refractivity contribution is 7.40. The maximum atomic E-state index is 12.2. The summed E-state index contributed by atoms with van der Waals surface area (Å²) in [4.78, 5) is 12.2. The minimum Gasteiger partial charge on any atom is -0.462 e. The second kappa shape index (κ2) is 6.07. The zero-order valence-corrected chi connectivity index (χ0v) is 12.6. The van der Waals surface area contributed by atoms with E-state index >= 15 is 0 Å².